The zero-order chi connectivity index (χ0) is 14.7. The first kappa shape index (κ1) is 14.2. The normalized spacial score (nSPS) is 18.3. The molecule has 3 rings (SSSR count). The Morgan fingerprint density at radius 3 is 3.19 bits per heavy atom. The van der Waals surface area contributed by atoms with Crippen molar-refractivity contribution in [3.63, 3.8) is 0 Å². The lowest BCUT2D eigenvalue weighted by molar-refractivity contribution is -0.132. The van der Waals surface area contributed by atoms with Crippen molar-refractivity contribution in [1.82, 2.24) is 20.0 Å². The molecule has 1 fully saturated rings. The molecule has 1 aliphatic rings. The molecule has 1 amide bonds. The number of nitrogens with zero attached hydrogens (tertiary/aromatic N) is 4. The molecule has 3 heterocycles. The van der Waals surface area contributed by atoms with Crippen molar-refractivity contribution in [2.45, 2.75) is 45.1 Å². The molecule has 7 heteroatoms. The van der Waals surface area contributed by atoms with Crippen molar-refractivity contribution in [3.05, 3.63) is 28.3 Å². The van der Waals surface area contributed by atoms with Crippen LogP contribution in [0.1, 0.15) is 49.6 Å². The van der Waals surface area contributed by atoms with Gasteiger partial charge in [-0.15, -0.1) is 11.3 Å². The summed E-state index contributed by atoms with van der Waals surface area (Å²) in [5.74, 6) is 1.42. The van der Waals surface area contributed by atoms with Gasteiger partial charge in [-0.25, -0.2) is 4.98 Å². The van der Waals surface area contributed by atoms with Crippen LogP contribution in [-0.4, -0.2) is 32.5 Å². The highest BCUT2D eigenvalue weighted by molar-refractivity contribution is 7.07. The molecule has 112 valence electrons. The maximum Gasteiger partial charge on any atom is 0.226 e. The Morgan fingerprint density at radius 2 is 2.48 bits per heavy atom. The van der Waals surface area contributed by atoms with Crippen LogP contribution in [0, 0.1) is 0 Å². The topological polar surface area (TPSA) is 72.1 Å². The van der Waals surface area contributed by atoms with Crippen LogP contribution in [0.5, 0.6) is 0 Å². The summed E-state index contributed by atoms with van der Waals surface area (Å²) in [6.45, 7) is 2.75. The molecule has 0 aliphatic carbocycles. The lowest BCUT2D eigenvalue weighted by Crippen LogP contribution is -2.31. The van der Waals surface area contributed by atoms with E-state index in [2.05, 4.69) is 15.1 Å². The maximum atomic E-state index is 12.4. The molecular formula is C14H18N4O2S. The average molecular weight is 306 g/mol. The molecule has 0 saturated carbocycles. The number of thiazole rings is 1. The monoisotopic (exact) mass is 306 g/mol. The van der Waals surface area contributed by atoms with Crippen LogP contribution < -0.4 is 0 Å². The van der Waals surface area contributed by atoms with Crippen molar-refractivity contribution in [2.75, 3.05) is 6.54 Å². The lowest BCUT2D eigenvalue weighted by Gasteiger charge is -2.22. The summed E-state index contributed by atoms with van der Waals surface area (Å²) in [5.41, 5.74) is 2.78. The van der Waals surface area contributed by atoms with Crippen LogP contribution in [-0.2, 0) is 17.6 Å². The Bertz CT molecular complexity index is 596. The summed E-state index contributed by atoms with van der Waals surface area (Å²) in [4.78, 5) is 22.9. The van der Waals surface area contributed by atoms with Gasteiger partial charge >= 0.3 is 0 Å². The van der Waals surface area contributed by atoms with E-state index in [-0.39, 0.29) is 11.9 Å². The molecule has 1 saturated heterocycles. The molecule has 0 radical (unpaired) electrons. The van der Waals surface area contributed by atoms with E-state index in [9.17, 15) is 4.79 Å². The molecule has 1 aliphatic heterocycles. The Hall–Kier alpha value is -1.76. The van der Waals surface area contributed by atoms with Gasteiger partial charge in [-0.1, -0.05) is 12.1 Å². The predicted molar refractivity (Wildman–Crippen MR) is 77.8 cm³/mol. The summed E-state index contributed by atoms with van der Waals surface area (Å²) in [7, 11) is 0. The van der Waals surface area contributed by atoms with Crippen LogP contribution in [0.3, 0.4) is 0 Å². The molecular weight excluding hydrogens is 288 g/mol. The molecule has 0 aromatic carbocycles. The molecule has 21 heavy (non-hydrogen) atoms. The largest absolute Gasteiger partial charge is 0.339 e. The van der Waals surface area contributed by atoms with Crippen LogP contribution >= 0.6 is 11.3 Å². The second kappa shape index (κ2) is 6.34. The third-order valence-electron chi connectivity index (χ3n) is 3.74. The van der Waals surface area contributed by atoms with E-state index in [1.807, 2.05) is 17.2 Å². The highest BCUT2D eigenvalue weighted by Crippen LogP contribution is 2.30. The Morgan fingerprint density at radius 1 is 1.57 bits per heavy atom. The maximum absolute atomic E-state index is 12.4. The highest BCUT2D eigenvalue weighted by atomic mass is 32.1. The fourth-order valence-corrected chi connectivity index (χ4v) is 3.21. The molecule has 2 aromatic rings. The van der Waals surface area contributed by atoms with Gasteiger partial charge in [0.1, 0.15) is 0 Å². The van der Waals surface area contributed by atoms with Gasteiger partial charge in [-0.2, -0.15) is 4.98 Å². The number of amides is 1. The predicted octanol–water partition coefficient (Wildman–Crippen LogP) is 2.38. The minimum Gasteiger partial charge on any atom is -0.339 e. The third kappa shape index (κ3) is 3.12. The van der Waals surface area contributed by atoms with E-state index in [0.717, 1.165) is 31.5 Å². The van der Waals surface area contributed by atoms with Crippen LogP contribution in [0.2, 0.25) is 0 Å². The fraction of sp³-hybridized carbons (Fsp3) is 0.571. The van der Waals surface area contributed by atoms with Crippen LogP contribution in [0.25, 0.3) is 0 Å². The molecule has 0 bridgehead atoms. The van der Waals surface area contributed by atoms with Crippen LogP contribution in [0.4, 0.5) is 0 Å². The minimum atomic E-state index is -0.0306. The van der Waals surface area contributed by atoms with Gasteiger partial charge in [0.25, 0.3) is 0 Å². The molecule has 1 atom stereocenters. The highest BCUT2D eigenvalue weighted by Gasteiger charge is 2.32. The fourth-order valence-electron chi connectivity index (χ4n) is 2.62. The number of aryl methyl sites for hydroxylation is 2. The molecule has 6 nitrogen and oxygen atoms in total. The van der Waals surface area contributed by atoms with E-state index in [1.54, 1.807) is 16.8 Å². The average Bonchev–Trinajstić information content (AvgIpc) is 3.23. The summed E-state index contributed by atoms with van der Waals surface area (Å²) in [5, 5.41) is 6.01. The van der Waals surface area contributed by atoms with Gasteiger partial charge in [0, 0.05) is 24.8 Å². The molecule has 0 unspecified atom stereocenters. The SMILES string of the molecule is CCc1nc([C@H]2CCCN2C(=O)CCc2cscn2)no1. The summed E-state index contributed by atoms with van der Waals surface area (Å²) < 4.78 is 5.17. The quantitative estimate of drug-likeness (QED) is 0.848. The Balaban J connectivity index is 1.64. The molecule has 2 aromatic heterocycles. The summed E-state index contributed by atoms with van der Waals surface area (Å²) >= 11 is 1.56. The van der Waals surface area contributed by atoms with E-state index < -0.39 is 0 Å². The second-order valence-corrected chi connectivity index (χ2v) is 5.84. The number of aromatic nitrogens is 3. The van der Waals surface area contributed by atoms with E-state index in [4.69, 9.17) is 4.52 Å². The Kier molecular flexibility index (Phi) is 4.28. The number of rotatable bonds is 5. The van der Waals surface area contributed by atoms with Crippen molar-refractivity contribution in [2.24, 2.45) is 0 Å². The van der Waals surface area contributed by atoms with Crippen LogP contribution in [0.15, 0.2) is 15.4 Å². The van der Waals surface area contributed by atoms with Crippen molar-refractivity contribution >= 4 is 17.2 Å². The minimum absolute atomic E-state index is 0.0306. The number of carbonyl (C=O) groups is 1. The van der Waals surface area contributed by atoms with Gasteiger partial charge in [-0.3, -0.25) is 4.79 Å². The number of hydrogen-bond acceptors (Lipinski definition) is 6. The van der Waals surface area contributed by atoms with E-state index in [1.165, 1.54) is 0 Å². The number of hydrogen-bond donors (Lipinski definition) is 0. The third-order valence-corrected chi connectivity index (χ3v) is 4.37. The van der Waals surface area contributed by atoms with Gasteiger partial charge in [0.2, 0.25) is 11.8 Å². The first-order valence-electron chi connectivity index (χ1n) is 7.27. The summed E-state index contributed by atoms with van der Waals surface area (Å²) in [6.07, 6.45) is 3.79. The van der Waals surface area contributed by atoms with E-state index in [0.29, 0.717) is 24.6 Å². The number of likely N-dealkylation sites (tertiary alicyclic amines) is 1. The first-order valence-corrected chi connectivity index (χ1v) is 8.21. The van der Waals surface area contributed by atoms with Crippen molar-refractivity contribution in [1.29, 1.82) is 0 Å². The second-order valence-electron chi connectivity index (χ2n) is 5.12. The summed E-state index contributed by atoms with van der Waals surface area (Å²) in [6, 6.07) is -0.0306. The van der Waals surface area contributed by atoms with Gasteiger partial charge in [0.15, 0.2) is 5.82 Å². The number of carbonyl (C=O) groups excluding carboxylic acids is 1. The Labute approximate surface area is 127 Å². The molecule has 0 spiro atoms. The lowest BCUT2D eigenvalue weighted by atomic mass is 10.2. The smallest absolute Gasteiger partial charge is 0.226 e. The zero-order valence-corrected chi connectivity index (χ0v) is 12.8. The first-order chi connectivity index (χ1) is 10.3. The molecule has 0 N–H and O–H groups in total. The van der Waals surface area contributed by atoms with Crippen molar-refractivity contribution in [3.8, 4) is 0 Å². The zero-order valence-electron chi connectivity index (χ0n) is 12.0. The van der Waals surface area contributed by atoms with Gasteiger partial charge < -0.3 is 9.42 Å². The van der Waals surface area contributed by atoms with Crippen molar-refractivity contribution < 1.29 is 9.32 Å². The van der Waals surface area contributed by atoms with E-state index >= 15 is 0 Å². The van der Waals surface area contributed by atoms with Gasteiger partial charge in [0.05, 0.1) is 17.2 Å². The van der Waals surface area contributed by atoms with Gasteiger partial charge in [-0.05, 0) is 19.3 Å². The standard InChI is InChI=1S/C14H18N4O2S/c1-2-12-16-14(17-20-12)11-4-3-7-18(11)13(19)6-5-10-8-21-9-15-10/h8-9,11H,2-7H2,1H3/t11-/m1/s1.